The van der Waals surface area contributed by atoms with E-state index in [1.807, 2.05) is 6.92 Å². The molecule has 9 heteroatoms. The lowest BCUT2D eigenvalue weighted by atomic mass is 10.1. The van der Waals surface area contributed by atoms with Crippen molar-refractivity contribution in [2.45, 2.75) is 38.6 Å². The summed E-state index contributed by atoms with van der Waals surface area (Å²) in [5.41, 5.74) is 1.04. The SMILES string of the molecule is CCOc1ccc(C(=O)NCC(=O)OCC(=O)Nc2ccccc2C(=O)NC2CCCC2)cc1. The third kappa shape index (κ3) is 7.33. The zero-order valence-corrected chi connectivity index (χ0v) is 19.1. The van der Waals surface area contributed by atoms with E-state index in [1.165, 1.54) is 0 Å². The van der Waals surface area contributed by atoms with Gasteiger partial charge in [0.15, 0.2) is 6.61 Å². The highest BCUT2D eigenvalue weighted by Gasteiger charge is 2.20. The molecule has 1 saturated carbocycles. The van der Waals surface area contributed by atoms with Crippen LogP contribution in [0.5, 0.6) is 5.75 Å². The minimum atomic E-state index is -0.762. The second-order valence-corrected chi connectivity index (χ2v) is 7.85. The second-order valence-electron chi connectivity index (χ2n) is 7.85. The van der Waals surface area contributed by atoms with Crippen LogP contribution in [-0.4, -0.2) is 49.5 Å². The largest absolute Gasteiger partial charge is 0.494 e. The summed E-state index contributed by atoms with van der Waals surface area (Å²) in [5, 5.41) is 8.03. The van der Waals surface area contributed by atoms with Crippen LogP contribution < -0.4 is 20.7 Å². The molecule has 0 saturated heterocycles. The van der Waals surface area contributed by atoms with Crippen LogP contribution in [-0.2, 0) is 14.3 Å². The van der Waals surface area contributed by atoms with Crippen LogP contribution in [0, 0.1) is 0 Å². The van der Waals surface area contributed by atoms with Crippen molar-refractivity contribution < 1.29 is 28.7 Å². The van der Waals surface area contributed by atoms with Gasteiger partial charge in [0.1, 0.15) is 12.3 Å². The molecule has 0 bridgehead atoms. The molecule has 0 aliphatic heterocycles. The average Bonchev–Trinajstić information content (AvgIpc) is 3.35. The van der Waals surface area contributed by atoms with Crippen molar-refractivity contribution in [3.63, 3.8) is 0 Å². The third-order valence-electron chi connectivity index (χ3n) is 5.32. The van der Waals surface area contributed by atoms with Gasteiger partial charge in [-0.3, -0.25) is 19.2 Å². The van der Waals surface area contributed by atoms with Crippen LogP contribution in [0.3, 0.4) is 0 Å². The van der Waals surface area contributed by atoms with Crippen LogP contribution in [0.1, 0.15) is 53.3 Å². The van der Waals surface area contributed by atoms with Crippen molar-refractivity contribution in [1.29, 1.82) is 0 Å². The zero-order valence-electron chi connectivity index (χ0n) is 19.1. The maximum absolute atomic E-state index is 12.6. The summed E-state index contributed by atoms with van der Waals surface area (Å²) in [6.07, 6.45) is 4.08. The molecule has 2 aromatic rings. The lowest BCUT2D eigenvalue weighted by Gasteiger charge is -2.15. The van der Waals surface area contributed by atoms with E-state index in [-0.39, 0.29) is 18.5 Å². The minimum absolute atomic E-state index is 0.148. The molecule has 3 amide bonds. The van der Waals surface area contributed by atoms with Gasteiger partial charge in [0.2, 0.25) is 0 Å². The summed E-state index contributed by atoms with van der Waals surface area (Å²) >= 11 is 0. The number of anilines is 1. The highest BCUT2D eigenvalue weighted by atomic mass is 16.5. The summed E-state index contributed by atoms with van der Waals surface area (Å²) in [4.78, 5) is 48.9. The van der Waals surface area contributed by atoms with E-state index in [4.69, 9.17) is 9.47 Å². The normalized spacial score (nSPS) is 13.1. The van der Waals surface area contributed by atoms with E-state index in [9.17, 15) is 19.2 Å². The van der Waals surface area contributed by atoms with Gasteiger partial charge in [0, 0.05) is 11.6 Å². The van der Waals surface area contributed by atoms with Crippen LogP contribution in [0.15, 0.2) is 48.5 Å². The van der Waals surface area contributed by atoms with Gasteiger partial charge in [-0.05, 0) is 56.2 Å². The van der Waals surface area contributed by atoms with Crippen molar-refractivity contribution in [3.05, 3.63) is 59.7 Å². The molecule has 3 rings (SSSR count). The molecule has 0 atom stereocenters. The summed E-state index contributed by atoms with van der Waals surface area (Å²) in [5.74, 6) is -1.42. The maximum Gasteiger partial charge on any atom is 0.325 e. The van der Waals surface area contributed by atoms with Gasteiger partial charge in [0.25, 0.3) is 17.7 Å². The maximum atomic E-state index is 12.6. The number of rotatable bonds is 10. The monoisotopic (exact) mass is 467 g/mol. The summed E-state index contributed by atoms with van der Waals surface area (Å²) < 4.78 is 10.3. The molecule has 3 N–H and O–H groups in total. The molecule has 0 heterocycles. The molecule has 0 aromatic heterocycles. The molecule has 1 aliphatic carbocycles. The number of amides is 3. The second kappa shape index (κ2) is 12.4. The minimum Gasteiger partial charge on any atom is -0.494 e. The van der Waals surface area contributed by atoms with E-state index in [0.717, 1.165) is 25.7 Å². The van der Waals surface area contributed by atoms with E-state index in [2.05, 4.69) is 16.0 Å². The first-order chi connectivity index (χ1) is 16.5. The molecule has 180 valence electrons. The van der Waals surface area contributed by atoms with Crippen molar-refractivity contribution in [2.24, 2.45) is 0 Å². The number of ether oxygens (including phenoxy) is 2. The molecule has 1 fully saturated rings. The van der Waals surface area contributed by atoms with Crippen LogP contribution in [0.4, 0.5) is 5.69 Å². The van der Waals surface area contributed by atoms with Gasteiger partial charge in [-0.2, -0.15) is 0 Å². The molecular formula is C25H29N3O6. The smallest absolute Gasteiger partial charge is 0.325 e. The van der Waals surface area contributed by atoms with Gasteiger partial charge < -0.3 is 25.4 Å². The Balaban J connectivity index is 1.43. The number of hydrogen-bond donors (Lipinski definition) is 3. The third-order valence-corrected chi connectivity index (χ3v) is 5.32. The molecule has 1 aliphatic rings. The van der Waals surface area contributed by atoms with Crippen LogP contribution in [0.25, 0.3) is 0 Å². The number of carbonyl (C=O) groups excluding carboxylic acids is 4. The van der Waals surface area contributed by atoms with Crippen LogP contribution in [0.2, 0.25) is 0 Å². The number of para-hydroxylation sites is 1. The van der Waals surface area contributed by atoms with Gasteiger partial charge >= 0.3 is 5.97 Å². The summed E-state index contributed by atoms with van der Waals surface area (Å²) in [7, 11) is 0. The predicted molar refractivity (Wildman–Crippen MR) is 126 cm³/mol. The Kier molecular flexibility index (Phi) is 9.02. The summed E-state index contributed by atoms with van der Waals surface area (Å²) in [6, 6.07) is 13.3. The molecule has 0 spiro atoms. The van der Waals surface area contributed by atoms with Crippen molar-refractivity contribution >= 4 is 29.4 Å². The quantitative estimate of drug-likeness (QED) is 0.462. The molecule has 2 aromatic carbocycles. The van der Waals surface area contributed by atoms with E-state index in [0.29, 0.717) is 29.2 Å². The fourth-order valence-electron chi connectivity index (χ4n) is 3.63. The van der Waals surface area contributed by atoms with Gasteiger partial charge in [-0.15, -0.1) is 0 Å². The fourth-order valence-corrected chi connectivity index (χ4v) is 3.63. The van der Waals surface area contributed by atoms with E-state index in [1.54, 1.807) is 48.5 Å². The zero-order chi connectivity index (χ0) is 24.3. The van der Waals surface area contributed by atoms with Crippen molar-refractivity contribution in [3.8, 4) is 5.75 Å². The Labute approximate surface area is 198 Å². The number of carbonyl (C=O) groups is 4. The van der Waals surface area contributed by atoms with Gasteiger partial charge in [-0.1, -0.05) is 25.0 Å². The first-order valence-corrected chi connectivity index (χ1v) is 11.3. The Bertz CT molecular complexity index is 1020. The molecule has 0 radical (unpaired) electrons. The van der Waals surface area contributed by atoms with E-state index < -0.39 is 24.4 Å². The lowest BCUT2D eigenvalue weighted by Crippen LogP contribution is -2.34. The van der Waals surface area contributed by atoms with E-state index >= 15 is 0 Å². The first-order valence-electron chi connectivity index (χ1n) is 11.3. The number of hydrogen-bond acceptors (Lipinski definition) is 6. The molecular weight excluding hydrogens is 438 g/mol. The van der Waals surface area contributed by atoms with Crippen molar-refractivity contribution in [1.82, 2.24) is 10.6 Å². The lowest BCUT2D eigenvalue weighted by molar-refractivity contribution is -0.146. The summed E-state index contributed by atoms with van der Waals surface area (Å²) in [6.45, 7) is 1.44. The Hall–Kier alpha value is -3.88. The molecule has 9 nitrogen and oxygen atoms in total. The number of esters is 1. The molecule has 0 unspecified atom stereocenters. The molecule has 34 heavy (non-hydrogen) atoms. The Morgan fingerprint density at radius 1 is 0.941 bits per heavy atom. The Morgan fingerprint density at radius 3 is 2.35 bits per heavy atom. The number of benzene rings is 2. The average molecular weight is 468 g/mol. The fraction of sp³-hybridized carbons (Fsp3) is 0.360. The first kappa shape index (κ1) is 24.8. The number of nitrogens with one attached hydrogen (secondary N) is 3. The Morgan fingerprint density at radius 2 is 1.65 bits per heavy atom. The predicted octanol–water partition coefficient (Wildman–Crippen LogP) is 2.67. The topological polar surface area (TPSA) is 123 Å². The standard InChI is InChI=1S/C25H29N3O6/c1-2-33-19-13-11-17(12-14-19)24(31)26-15-23(30)34-16-22(29)28-21-10-6-5-9-20(21)25(32)27-18-7-3-4-8-18/h5-6,9-14,18H,2-4,7-8,15-16H2,1H3,(H,26,31)(H,27,32)(H,28,29). The van der Waals surface area contributed by atoms with Crippen molar-refractivity contribution in [2.75, 3.05) is 25.1 Å². The highest BCUT2D eigenvalue weighted by molar-refractivity contribution is 6.04. The highest BCUT2D eigenvalue weighted by Crippen LogP contribution is 2.20. The van der Waals surface area contributed by atoms with Gasteiger partial charge in [-0.25, -0.2) is 0 Å². The van der Waals surface area contributed by atoms with Gasteiger partial charge in [0.05, 0.1) is 17.9 Å². The van der Waals surface area contributed by atoms with Crippen LogP contribution >= 0.6 is 0 Å².